The van der Waals surface area contributed by atoms with E-state index in [4.69, 9.17) is 4.98 Å². The number of hydrogen-bond donors (Lipinski definition) is 1. The number of benzene rings is 1. The number of nitrogens with zero attached hydrogens (tertiary/aromatic N) is 1. The zero-order valence-electron chi connectivity index (χ0n) is 11.3. The van der Waals surface area contributed by atoms with Crippen molar-refractivity contribution >= 4 is 11.3 Å². The zero-order chi connectivity index (χ0) is 13.0. The van der Waals surface area contributed by atoms with Crippen LogP contribution in [0.2, 0.25) is 0 Å². The first-order valence-electron chi connectivity index (χ1n) is 6.44. The predicted octanol–water partition coefficient (Wildman–Crippen LogP) is 3.44. The first-order valence-corrected chi connectivity index (χ1v) is 7.26. The molecule has 2 nitrogen and oxygen atoms in total. The summed E-state index contributed by atoms with van der Waals surface area (Å²) in [5.74, 6) is 0. The van der Waals surface area contributed by atoms with Crippen LogP contribution in [-0.2, 0) is 12.8 Å². The van der Waals surface area contributed by atoms with Gasteiger partial charge in [0.1, 0.15) is 0 Å². The lowest BCUT2D eigenvalue weighted by molar-refractivity contribution is 0.788. The van der Waals surface area contributed by atoms with Crippen LogP contribution in [0.3, 0.4) is 0 Å². The number of hydrogen-bond acceptors (Lipinski definition) is 3. The van der Waals surface area contributed by atoms with Crippen LogP contribution in [0.4, 0.5) is 0 Å². The molecule has 0 unspecified atom stereocenters. The summed E-state index contributed by atoms with van der Waals surface area (Å²) < 4.78 is 0. The molecule has 0 bridgehead atoms. The number of nitrogens with one attached hydrogen (secondary N) is 1. The molecule has 0 radical (unpaired) electrons. The van der Waals surface area contributed by atoms with E-state index in [0.29, 0.717) is 0 Å². The Morgan fingerprint density at radius 2 is 1.94 bits per heavy atom. The lowest BCUT2D eigenvalue weighted by atomic mass is 10.1. The van der Waals surface area contributed by atoms with Gasteiger partial charge in [-0.1, -0.05) is 31.2 Å². The third kappa shape index (κ3) is 2.98. The highest BCUT2D eigenvalue weighted by Gasteiger charge is 2.09. The van der Waals surface area contributed by atoms with Crippen LogP contribution in [-0.4, -0.2) is 18.6 Å². The van der Waals surface area contributed by atoms with Crippen molar-refractivity contribution in [3.05, 3.63) is 39.7 Å². The second kappa shape index (κ2) is 6.12. The molecular formula is C15H20N2S. The van der Waals surface area contributed by atoms with Crippen molar-refractivity contribution in [1.82, 2.24) is 10.3 Å². The van der Waals surface area contributed by atoms with Gasteiger partial charge in [-0.2, -0.15) is 0 Å². The zero-order valence-corrected chi connectivity index (χ0v) is 12.1. The van der Waals surface area contributed by atoms with Crippen LogP contribution < -0.4 is 5.32 Å². The summed E-state index contributed by atoms with van der Waals surface area (Å²) in [6, 6.07) is 8.76. The van der Waals surface area contributed by atoms with Crippen LogP contribution in [0.1, 0.15) is 22.4 Å². The highest BCUT2D eigenvalue weighted by atomic mass is 32.1. The molecule has 96 valence electrons. The summed E-state index contributed by atoms with van der Waals surface area (Å²) in [5, 5.41) is 4.39. The minimum atomic E-state index is 0.987. The maximum atomic E-state index is 4.75. The molecule has 3 heteroatoms. The standard InChI is InChI=1S/C15H20N2S/c1-4-12-5-7-13(8-6-12)15-11(2)18-14(17-15)9-10-16-3/h5-8,16H,4,9-10H2,1-3H3. The molecular weight excluding hydrogens is 240 g/mol. The fraction of sp³-hybridized carbons (Fsp3) is 0.400. The van der Waals surface area contributed by atoms with Crippen LogP contribution in [0, 0.1) is 6.92 Å². The summed E-state index contributed by atoms with van der Waals surface area (Å²) in [6.45, 7) is 5.32. The summed E-state index contributed by atoms with van der Waals surface area (Å²) in [6.07, 6.45) is 2.10. The maximum absolute atomic E-state index is 4.75. The van der Waals surface area contributed by atoms with Crippen molar-refractivity contribution in [2.75, 3.05) is 13.6 Å². The lowest BCUT2D eigenvalue weighted by Gasteiger charge is -2.00. The second-order valence-corrected chi connectivity index (χ2v) is 5.70. The van der Waals surface area contributed by atoms with Gasteiger partial charge in [-0.25, -0.2) is 4.98 Å². The summed E-state index contributed by atoms with van der Waals surface area (Å²) in [7, 11) is 1.98. The number of rotatable bonds is 5. The number of thiazole rings is 1. The lowest BCUT2D eigenvalue weighted by Crippen LogP contribution is -2.09. The van der Waals surface area contributed by atoms with E-state index in [2.05, 4.69) is 43.4 Å². The van der Waals surface area contributed by atoms with Gasteiger partial charge in [-0.15, -0.1) is 11.3 Å². The third-order valence-corrected chi connectivity index (χ3v) is 4.10. The van der Waals surface area contributed by atoms with Crippen molar-refractivity contribution in [2.45, 2.75) is 26.7 Å². The van der Waals surface area contributed by atoms with Crippen LogP contribution in [0.25, 0.3) is 11.3 Å². The Balaban J connectivity index is 2.23. The van der Waals surface area contributed by atoms with E-state index in [0.717, 1.165) is 25.1 Å². The monoisotopic (exact) mass is 260 g/mol. The molecule has 0 atom stereocenters. The van der Waals surface area contributed by atoms with Crippen molar-refractivity contribution < 1.29 is 0 Å². The first kappa shape index (κ1) is 13.2. The van der Waals surface area contributed by atoms with Gasteiger partial charge in [-0.05, 0) is 26.0 Å². The van der Waals surface area contributed by atoms with Crippen molar-refractivity contribution in [3.63, 3.8) is 0 Å². The molecule has 1 aromatic carbocycles. The van der Waals surface area contributed by atoms with Crippen LogP contribution >= 0.6 is 11.3 Å². The van der Waals surface area contributed by atoms with Gasteiger partial charge in [0.25, 0.3) is 0 Å². The number of aryl methyl sites for hydroxylation is 2. The summed E-state index contributed by atoms with van der Waals surface area (Å²) in [4.78, 5) is 6.06. The molecule has 1 heterocycles. The van der Waals surface area contributed by atoms with Crippen molar-refractivity contribution in [2.24, 2.45) is 0 Å². The SMILES string of the molecule is CCc1ccc(-c2nc(CCNC)sc2C)cc1. The van der Waals surface area contributed by atoms with E-state index in [1.54, 1.807) is 0 Å². The molecule has 0 amide bonds. The molecule has 2 aromatic rings. The molecule has 0 aliphatic heterocycles. The molecule has 0 saturated carbocycles. The molecule has 0 saturated heterocycles. The molecule has 0 fully saturated rings. The van der Waals surface area contributed by atoms with Crippen LogP contribution in [0.15, 0.2) is 24.3 Å². The molecule has 1 aromatic heterocycles. The van der Waals surface area contributed by atoms with E-state index in [9.17, 15) is 0 Å². The highest BCUT2D eigenvalue weighted by Crippen LogP contribution is 2.27. The van der Waals surface area contributed by atoms with E-state index < -0.39 is 0 Å². The predicted molar refractivity (Wildman–Crippen MR) is 79.3 cm³/mol. The molecule has 1 N–H and O–H groups in total. The van der Waals surface area contributed by atoms with Gasteiger partial charge in [0.05, 0.1) is 10.7 Å². The van der Waals surface area contributed by atoms with Crippen molar-refractivity contribution in [3.8, 4) is 11.3 Å². The smallest absolute Gasteiger partial charge is 0.0948 e. The van der Waals surface area contributed by atoms with Crippen LogP contribution in [0.5, 0.6) is 0 Å². The Bertz CT molecular complexity index is 500. The van der Waals surface area contributed by atoms with E-state index in [1.165, 1.54) is 21.0 Å². The highest BCUT2D eigenvalue weighted by molar-refractivity contribution is 7.12. The molecule has 0 aliphatic rings. The fourth-order valence-corrected chi connectivity index (χ4v) is 2.91. The Morgan fingerprint density at radius 1 is 1.22 bits per heavy atom. The molecule has 18 heavy (non-hydrogen) atoms. The Kier molecular flexibility index (Phi) is 4.50. The van der Waals surface area contributed by atoms with Gasteiger partial charge in [-0.3, -0.25) is 0 Å². The summed E-state index contributed by atoms with van der Waals surface area (Å²) in [5.41, 5.74) is 3.76. The van der Waals surface area contributed by atoms with E-state index >= 15 is 0 Å². The van der Waals surface area contributed by atoms with E-state index in [1.807, 2.05) is 18.4 Å². The average Bonchev–Trinajstić information content (AvgIpc) is 2.78. The van der Waals surface area contributed by atoms with Gasteiger partial charge in [0.2, 0.25) is 0 Å². The molecule has 0 aliphatic carbocycles. The van der Waals surface area contributed by atoms with Crippen molar-refractivity contribution in [1.29, 1.82) is 0 Å². The van der Waals surface area contributed by atoms with Gasteiger partial charge < -0.3 is 5.32 Å². The summed E-state index contributed by atoms with van der Waals surface area (Å²) >= 11 is 1.81. The molecule has 2 rings (SSSR count). The Morgan fingerprint density at radius 3 is 2.56 bits per heavy atom. The third-order valence-electron chi connectivity index (χ3n) is 3.07. The average molecular weight is 260 g/mol. The Labute approximate surface area is 113 Å². The fourth-order valence-electron chi connectivity index (χ4n) is 1.96. The van der Waals surface area contributed by atoms with E-state index in [-0.39, 0.29) is 0 Å². The maximum Gasteiger partial charge on any atom is 0.0948 e. The quantitative estimate of drug-likeness (QED) is 0.890. The minimum absolute atomic E-state index is 0.987. The van der Waals surface area contributed by atoms with Gasteiger partial charge in [0, 0.05) is 23.4 Å². The number of aromatic nitrogens is 1. The largest absolute Gasteiger partial charge is 0.319 e. The minimum Gasteiger partial charge on any atom is -0.319 e. The Hall–Kier alpha value is -1.19. The number of likely N-dealkylation sites (N-methyl/N-ethyl adjacent to an activating group) is 1. The first-order chi connectivity index (χ1) is 8.74. The molecule has 0 spiro atoms. The van der Waals surface area contributed by atoms with Gasteiger partial charge in [0.15, 0.2) is 0 Å². The topological polar surface area (TPSA) is 24.9 Å². The van der Waals surface area contributed by atoms with Gasteiger partial charge >= 0.3 is 0 Å². The second-order valence-electron chi connectivity index (χ2n) is 4.42. The normalized spacial score (nSPS) is 10.8.